The van der Waals surface area contributed by atoms with Crippen LogP contribution in [0.25, 0.3) is 0 Å². The van der Waals surface area contributed by atoms with Gasteiger partial charge in [-0.25, -0.2) is 4.98 Å². The van der Waals surface area contributed by atoms with Crippen LogP contribution >= 0.6 is 15.9 Å². The van der Waals surface area contributed by atoms with Crippen molar-refractivity contribution >= 4 is 21.7 Å². The molecule has 21 heavy (non-hydrogen) atoms. The van der Waals surface area contributed by atoms with Gasteiger partial charge in [0.15, 0.2) is 5.78 Å². The molecule has 1 aromatic heterocycles. The fraction of sp³-hybridized carbons (Fsp3) is 0.625. The van der Waals surface area contributed by atoms with Gasteiger partial charge in [0.1, 0.15) is 10.3 Å². The molecular weight excluding hydrogens is 396 g/mol. The number of Topliss-reactive ketones (excluding diaryl/α,β-unsaturated/α-hetero) is 1. The minimum atomic E-state index is 0. The fourth-order valence-electron chi connectivity index (χ4n) is 2.97. The number of ketones is 1. The largest absolute Gasteiger partial charge is 1.00 e. The molecule has 0 spiro atoms. The van der Waals surface area contributed by atoms with E-state index in [0.717, 1.165) is 35.0 Å². The summed E-state index contributed by atoms with van der Waals surface area (Å²) in [6.45, 7) is 5.71. The number of quaternary nitrogens is 1. The molecule has 1 aliphatic heterocycles. The number of carbonyl (C=O) groups excluding carboxylic acids is 1. The van der Waals surface area contributed by atoms with Crippen molar-refractivity contribution in [1.82, 2.24) is 4.98 Å². The molecule has 0 unspecified atom stereocenters. The van der Waals surface area contributed by atoms with Crippen molar-refractivity contribution < 1.29 is 26.3 Å². The molecule has 118 valence electrons. The molecule has 5 heteroatoms. The molecule has 0 N–H and O–H groups in total. The number of hydrogen-bond acceptors (Lipinski definition) is 2. The lowest BCUT2D eigenvalue weighted by molar-refractivity contribution is -0.915. The zero-order valence-electron chi connectivity index (χ0n) is 12.8. The Bertz CT molecular complexity index is 471. The predicted octanol–water partition coefficient (Wildman–Crippen LogP) is 0.688. The van der Waals surface area contributed by atoms with Crippen LogP contribution in [0.4, 0.5) is 0 Å². The van der Waals surface area contributed by atoms with Crippen molar-refractivity contribution in [3.05, 3.63) is 28.5 Å². The number of unbranched alkanes of at least 4 members (excludes halogenated alkanes) is 1. The average Bonchev–Trinajstić information content (AvgIpc) is 2.45. The maximum Gasteiger partial charge on any atom is 0.184 e. The van der Waals surface area contributed by atoms with Crippen molar-refractivity contribution in [1.29, 1.82) is 0 Å². The Labute approximate surface area is 146 Å². The number of likely N-dealkylation sites (tertiary alicyclic amines) is 1. The van der Waals surface area contributed by atoms with Gasteiger partial charge in [-0.1, -0.05) is 19.4 Å². The second-order valence-electron chi connectivity index (χ2n) is 6.13. The number of hydrogen-bond donors (Lipinski definition) is 0. The highest BCUT2D eigenvalue weighted by Crippen LogP contribution is 2.25. The van der Waals surface area contributed by atoms with Crippen molar-refractivity contribution in [2.45, 2.75) is 32.6 Å². The summed E-state index contributed by atoms with van der Waals surface area (Å²) in [5.74, 6) is 0.373. The predicted molar refractivity (Wildman–Crippen MR) is 84.7 cm³/mol. The third kappa shape index (κ3) is 5.15. The van der Waals surface area contributed by atoms with Crippen LogP contribution in [-0.2, 0) is 0 Å². The van der Waals surface area contributed by atoms with E-state index < -0.39 is 0 Å². The molecule has 2 rings (SSSR count). The van der Waals surface area contributed by atoms with E-state index in [2.05, 4.69) is 34.9 Å². The highest BCUT2D eigenvalue weighted by Gasteiger charge is 2.33. The molecule has 0 aliphatic carbocycles. The average molecular weight is 420 g/mol. The van der Waals surface area contributed by atoms with Gasteiger partial charge >= 0.3 is 0 Å². The molecule has 0 amide bonds. The summed E-state index contributed by atoms with van der Waals surface area (Å²) >= 11 is 3.33. The number of carbonyl (C=O) groups is 1. The number of aromatic nitrogens is 1. The molecule has 0 aromatic carbocycles. The number of piperidine rings is 1. The van der Waals surface area contributed by atoms with Crippen molar-refractivity contribution in [2.75, 3.05) is 26.7 Å². The summed E-state index contributed by atoms with van der Waals surface area (Å²) in [6.07, 6.45) is 4.51. The zero-order valence-corrected chi connectivity index (χ0v) is 16.0. The molecule has 1 fully saturated rings. The van der Waals surface area contributed by atoms with E-state index in [1.165, 1.54) is 19.4 Å². The first kappa shape index (κ1) is 18.8. The number of pyridine rings is 1. The third-order valence-corrected chi connectivity index (χ3v) is 4.87. The smallest absolute Gasteiger partial charge is 0.184 e. The second-order valence-corrected chi connectivity index (χ2v) is 6.94. The summed E-state index contributed by atoms with van der Waals surface area (Å²) in [5, 5.41) is 0. The van der Waals surface area contributed by atoms with Crippen LogP contribution in [0.2, 0.25) is 0 Å². The van der Waals surface area contributed by atoms with Crippen molar-refractivity contribution in [2.24, 2.45) is 5.92 Å². The maximum absolute atomic E-state index is 12.5. The van der Waals surface area contributed by atoms with Gasteiger partial charge in [-0.3, -0.25) is 4.79 Å². The van der Waals surface area contributed by atoms with Crippen molar-refractivity contribution in [3.8, 4) is 0 Å². The van der Waals surface area contributed by atoms with Crippen LogP contribution in [0.1, 0.15) is 43.1 Å². The van der Waals surface area contributed by atoms with E-state index in [-0.39, 0.29) is 28.7 Å². The van der Waals surface area contributed by atoms with E-state index in [4.69, 9.17) is 0 Å². The van der Waals surface area contributed by atoms with Gasteiger partial charge in [-0.2, -0.15) is 0 Å². The molecule has 0 saturated carbocycles. The monoisotopic (exact) mass is 418 g/mol. The number of rotatable bonds is 5. The van der Waals surface area contributed by atoms with E-state index in [1.807, 2.05) is 18.2 Å². The van der Waals surface area contributed by atoms with E-state index in [9.17, 15) is 4.79 Å². The Morgan fingerprint density at radius 2 is 2.05 bits per heavy atom. The summed E-state index contributed by atoms with van der Waals surface area (Å²) in [6, 6.07) is 5.57. The first-order valence-corrected chi connectivity index (χ1v) is 8.34. The van der Waals surface area contributed by atoms with Crippen LogP contribution in [0.3, 0.4) is 0 Å². The fourth-order valence-corrected chi connectivity index (χ4v) is 3.32. The SMILES string of the molecule is CCCC[N+]1(C)CCC(C(=O)c2cccc(Br)n2)CC1.[Br-]. The lowest BCUT2D eigenvalue weighted by Gasteiger charge is -2.40. The second kappa shape index (κ2) is 8.39. The van der Waals surface area contributed by atoms with Crippen LogP contribution in [-0.4, -0.2) is 41.9 Å². The van der Waals surface area contributed by atoms with Gasteiger partial charge in [-0.05, 0) is 34.5 Å². The Hall–Kier alpha value is -0.260. The quantitative estimate of drug-likeness (QED) is 0.399. The Morgan fingerprint density at radius 3 is 2.62 bits per heavy atom. The first-order valence-electron chi connectivity index (χ1n) is 7.54. The highest BCUT2D eigenvalue weighted by atomic mass is 79.9. The number of halogens is 2. The minimum absolute atomic E-state index is 0. The summed E-state index contributed by atoms with van der Waals surface area (Å²) < 4.78 is 1.87. The first-order chi connectivity index (χ1) is 9.54. The van der Waals surface area contributed by atoms with Crippen molar-refractivity contribution in [3.63, 3.8) is 0 Å². The standard InChI is InChI=1S/C16H24BrN2O.BrH/c1-3-4-10-19(2)11-8-13(9-12-19)16(20)14-6-5-7-15(17)18-14;/h5-7,13H,3-4,8-12H2,1-2H3;1H/q+1;/p-1. The highest BCUT2D eigenvalue weighted by molar-refractivity contribution is 9.10. The zero-order chi connectivity index (χ0) is 14.6. The number of nitrogens with zero attached hydrogens (tertiary/aromatic N) is 2. The topological polar surface area (TPSA) is 30.0 Å². The Kier molecular flexibility index (Phi) is 7.51. The summed E-state index contributed by atoms with van der Waals surface area (Å²) in [4.78, 5) is 16.8. The van der Waals surface area contributed by atoms with E-state index in [1.54, 1.807) is 0 Å². The Morgan fingerprint density at radius 1 is 1.38 bits per heavy atom. The lowest BCUT2D eigenvalue weighted by Crippen LogP contribution is -3.00. The van der Waals surface area contributed by atoms with Gasteiger partial charge in [0, 0.05) is 18.8 Å². The van der Waals surface area contributed by atoms with E-state index >= 15 is 0 Å². The maximum atomic E-state index is 12.5. The molecule has 1 aliphatic rings. The van der Waals surface area contributed by atoms with Crippen LogP contribution < -0.4 is 17.0 Å². The molecule has 1 aromatic rings. The molecule has 2 heterocycles. The minimum Gasteiger partial charge on any atom is -1.00 e. The van der Waals surface area contributed by atoms with E-state index in [0.29, 0.717) is 5.69 Å². The molecule has 3 nitrogen and oxygen atoms in total. The van der Waals surface area contributed by atoms with Crippen LogP contribution in [0.15, 0.2) is 22.8 Å². The lowest BCUT2D eigenvalue weighted by atomic mass is 9.89. The summed E-state index contributed by atoms with van der Waals surface area (Å²) in [7, 11) is 2.33. The Balaban J connectivity index is 0.00000220. The summed E-state index contributed by atoms with van der Waals surface area (Å²) in [5.41, 5.74) is 0.606. The molecule has 1 saturated heterocycles. The molecule has 0 bridgehead atoms. The van der Waals surface area contributed by atoms with Gasteiger partial charge in [0.05, 0.1) is 26.7 Å². The van der Waals surface area contributed by atoms with Gasteiger partial charge in [0.25, 0.3) is 0 Å². The third-order valence-electron chi connectivity index (χ3n) is 4.42. The molecule has 0 atom stereocenters. The van der Waals surface area contributed by atoms with Gasteiger partial charge < -0.3 is 21.5 Å². The van der Waals surface area contributed by atoms with Crippen LogP contribution in [0.5, 0.6) is 0 Å². The normalized spacial score (nSPS) is 25.2. The molecule has 0 radical (unpaired) electrons. The van der Waals surface area contributed by atoms with Crippen LogP contribution in [0, 0.1) is 5.92 Å². The van der Waals surface area contributed by atoms with Gasteiger partial charge in [-0.15, -0.1) is 0 Å². The molecular formula is C16H24Br2N2O. The van der Waals surface area contributed by atoms with Gasteiger partial charge in [0.2, 0.25) is 0 Å².